The summed E-state index contributed by atoms with van der Waals surface area (Å²) in [5, 5.41) is 4.74. The van der Waals surface area contributed by atoms with Crippen molar-refractivity contribution in [3.8, 4) is 0 Å². The zero-order chi connectivity index (χ0) is 15.2. The van der Waals surface area contributed by atoms with E-state index >= 15 is 0 Å². The summed E-state index contributed by atoms with van der Waals surface area (Å²) in [5.74, 6) is 0.958. The Balaban J connectivity index is 1.91. The molecule has 0 radical (unpaired) electrons. The SMILES string of the molecule is CCCNC(C)c1cnc(N(C)C2CCC(CC)CC2)s1. The zero-order valence-electron chi connectivity index (χ0n) is 14.1. The van der Waals surface area contributed by atoms with Crippen LogP contribution >= 0.6 is 11.3 Å². The molecule has 3 nitrogen and oxygen atoms in total. The van der Waals surface area contributed by atoms with Crippen LogP contribution in [-0.4, -0.2) is 24.6 Å². The molecule has 0 amide bonds. The van der Waals surface area contributed by atoms with E-state index in [1.165, 1.54) is 48.5 Å². The summed E-state index contributed by atoms with van der Waals surface area (Å²) in [6, 6.07) is 1.10. The first-order valence-corrected chi connectivity index (χ1v) is 9.39. The van der Waals surface area contributed by atoms with E-state index in [0.29, 0.717) is 12.1 Å². The Morgan fingerprint density at radius 1 is 1.33 bits per heavy atom. The van der Waals surface area contributed by atoms with E-state index in [4.69, 9.17) is 0 Å². The van der Waals surface area contributed by atoms with Crippen LogP contribution in [-0.2, 0) is 0 Å². The minimum absolute atomic E-state index is 0.417. The van der Waals surface area contributed by atoms with Gasteiger partial charge in [0.15, 0.2) is 5.13 Å². The second-order valence-electron chi connectivity index (χ2n) is 6.41. The zero-order valence-corrected chi connectivity index (χ0v) is 14.9. The number of rotatable bonds is 7. The van der Waals surface area contributed by atoms with Crippen molar-refractivity contribution in [3.05, 3.63) is 11.1 Å². The molecule has 1 N–H and O–H groups in total. The van der Waals surface area contributed by atoms with Crippen molar-refractivity contribution in [2.45, 2.75) is 71.4 Å². The van der Waals surface area contributed by atoms with Crippen molar-refractivity contribution in [1.29, 1.82) is 0 Å². The predicted molar refractivity (Wildman–Crippen MR) is 93.3 cm³/mol. The van der Waals surface area contributed by atoms with Crippen LogP contribution in [0.1, 0.15) is 70.2 Å². The fourth-order valence-electron chi connectivity index (χ4n) is 3.20. The molecule has 0 aliphatic heterocycles. The van der Waals surface area contributed by atoms with Crippen LogP contribution in [0.4, 0.5) is 5.13 Å². The highest BCUT2D eigenvalue weighted by atomic mass is 32.1. The molecule has 1 heterocycles. The van der Waals surface area contributed by atoms with Gasteiger partial charge in [-0.05, 0) is 51.5 Å². The Morgan fingerprint density at radius 2 is 2.05 bits per heavy atom. The van der Waals surface area contributed by atoms with Gasteiger partial charge in [-0.25, -0.2) is 4.98 Å². The molecule has 1 aliphatic rings. The van der Waals surface area contributed by atoms with E-state index < -0.39 is 0 Å². The average molecular weight is 310 g/mol. The summed E-state index contributed by atoms with van der Waals surface area (Å²) in [4.78, 5) is 8.44. The third-order valence-corrected chi connectivity index (χ3v) is 6.15. The molecule has 1 saturated carbocycles. The fourth-order valence-corrected chi connectivity index (χ4v) is 4.17. The van der Waals surface area contributed by atoms with Crippen LogP contribution in [0, 0.1) is 5.92 Å². The molecule has 1 aliphatic carbocycles. The molecule has 1 unspecified atom stereocenters. The van der Waals surface area contributed by atoms with E-state index in [-0.39, 0.29) is 0 Å². The lowest BCUT2D eigenvalue weighted by Gasteiger charge is -2.34. The summed E-state index contributed by atoms with van der Waals surface area (Å²) < 4.78 is 0. The number of hydrogen-bond acceptors (Lipinski definition) is 4. The van der Waals surface area contributed by atoms with Crippen molar-refractivity contribution in [1.82, 2.24) is 10.3 Å². The molecular formula is C17H31N3S. The lowest BCUT2D eigenvalue weighted by molar-refractivity contribution is 0.313. The largest absolute Gasteiger partial charge is 0.348 e. The summed E-state index contributed by atoms with van der Waals surface area (Å²) in [7, 11) is 2.23. The lowest BCUT2D eigenvalue weighted by Crippen LogP contribution is -2.35. The van der Waals surface area contributed by atoms with Crippen LogP contribution in [0.15, 0.2) is 6.20 Å². The van der Waals surface area contributed by atoms with Gasteiger partial charge >= 0.3 is 0 Å². The van der Waals surface area contributed by atoms with Gasteiger partial charge in [-0.2, -0.15) is 0 Å². The van der Waals surface area contributed by atoms with Gasteiger partial charge in [0.05, 0.1) is 0 Å². The molecule has 1 atom stereocenters. The number of hydrogen-bond donors (Lipinski definition) is 1. The van der Waals surface area contributed by atoms with Gasteiger partial charge in [0.1, 0.15) is 0 Å². The van der Waals surface area contributed by atoms with E-state index in [0.717, 1.165) is 12.5 Å². The maximum atomic E-state index is 4.66. The number of nitrogens with zero attached hydrogens (tertiary/aromatic N) is 2. The number of nitrogens with one attached hydrogen (secondary N) is 1. The fraction of sp³-hybridized carbons (Fsp3) is 0.824. The molecule has 120 valence electrons. The van der Waals surface area contributed by atoms with Crippen LogP contribution < -0.4 is 10.2 Å². The molecule has 4 heteroatoms. The van der Waals surface area contributed by atoms with Crippen molar-refractivity contribution in [2.24, 2.45) is 5.92 Å². The third kappa shape index (κ3) is 4.43. The Hall–Kier alpha value is -0.610. The molecule has 0 spiro atoms. The van der Waals surface area contributed by atoms with Crippen molar-refractivity contribution in [3.63, 3.8) is 0 Å². The minimum Gasteiger partial charge on any atom is -0.348 e. The Morgan fingerprint density at radius 3 is 2.67 bits per heavy atom. The van der Waals surface area contributed by atoms with Crippen LogP contribution in [0.25, 0.3) is 0 Å². The highest BCUT2D eigenvalue weighted by molar-refractivity contribution is 7.15. The Labute approximate surface area is 134 Å². The van der Waals surface area contributed by atoms with E-state index in [9.17, 15) is 0 Å². The van der Waals surface area contributed by atoms with Crippen molar-refractivity contribution in [2.75, 3.05) is 18.5 Å². The molecule has 1 fully saturated rings. The molecule has 2 rings (SSSR count). The third-order valence-electron chi connectivity index (χ3n) is 4.88. The number of anilines is 1. The highest BCUT2D eigenvalue weighted by Crippen LogP contribution is 2.33. The standard InChI is InChI=1S/C17H31N3S/c1-5-11-18-13(3)16-12-19-17(21-16)20(4)15-9-7-14(6-2)8-10-15/h12-15,18H,5-11H2,1-4H3. The summed E-state index contributed by atoms with van der Waals surface area (Å²) >= 11 is 1.85. The van der Waals surface area contributed by atoms with E-state index in [1.54, 1.807) is 0 Å². The second-order valence-corrected chi connectivity index (χ2v) is 7.46. The van der Waals surface area contributed by atoms with Crippen LogP contribution in [0.2, 0.25) is 0 Å². The first kappa shape index (κ1) is 16.8. The van der Waals surface area contributed by atoms with E-state index in [1.807, 2.05) is 11.3 Å². The van der Waals surface area contributed by atoms with E-state index in [2.05, 4.69) is 49.2 Å². The molecule has 0 bridgehead atoms. The first-order valence-electron chi connectivity index (χ1n) is 8.57. The topological polar surface area (TPSA) is 28.2 Å². The van der Waals surface area contributed by atoms with Crippen LogP contribution in [0.3, 0.4) is 0 Å². The molecular weight excluding hydrogens is 278 g/mol. The molecule has 0 aromatic carbocycles. The molecule has 1 aromatic rings. The normalized spacial score (nSPS) is 24.0. The lowest BCUT2D eigenvalue weighted by atomic mass is 9.84. The van der Waals surface area contributed by atoms with Gasteiger partial charge in [-0.1, -0.05) is 20.3 Å². The number of thiazole rings is 1. The smallest absolute Gasteiger partial charge is 0.185 e. The Kier molecular flexibility index (Phi) is 6.49. The summed E-state index contributed by atoms with van der Waals surface area (Å²) in [6.45, 7) is 7.84. The Bertz CT molecular complexity index is 410. The van der Waals surface area contributed by atoms with Gasteiger partial charge in [0.25, 0.3) is 0 Å². The predicted octanol–water partition coefficient (Wildman–Crippen LogP) is 4.61. The van der Waals surface area contributed by atoms with Gasteiger partial charge in [0, 0.05) is 30.2 Å². The summed E-state index contributed by atoms with van der Waals surface area (Å²) in [5.41, 5.74) is 0. The number of aromatic nitrogens is 1. The molecule has 0 saturated heterocycles. The van der Waals surface area contributed by atoms with Gasteiger partial charge in [-0.15, -0.1) is 11.3 Å². The molecule has 1 aromatic heterocycles. The quantitative estimate of drug-likeness (QED) is 0.797. The van der Waals surface area contributed by atoms with Crippen molar-refractivity contribution >= 4 is 16.5 Å². The van der Waals surface area contributed by atoms with Crippen LogP contribution in [0.5, 0.6) is 0 Å². The minimum atomic E-state index is 0.417. The maximum absolute atomic E-state index is 4.66. The van der Waals surface area contributed by atoms with Crippen molar-refractivity contribution < 1.29 is 0 Å². The maximum Gasteiger partial charge on any atom is 0.185 e. The highest BCUT2D eigenvalue weighted by Gasteiger charge is 2.24. The average Bonchev–Trinajstić information content (AvgIpc) is 3.02. The second kappa shape index (κ2) is 8.14. The van der Waals surface area contributed by atoms with Gasteiger partial charge in [-0.3, -0.25) is 0 Å². The first-order chi connectivity index (χ1) is 10.2. The summed E-state index contributed by atoms with van der Waals surface area (Å²) in [6.07, 6.45) is 10.0. The molecule has 21 heavy (non-hydrogen) atoms. The van der Waals surface area contributed by atoms with Gasteiger partial charge in [0.2, 0.25) is 0 Å². The van der Waals surface area contributed by atoms with Gasteiger partial charge < -0.3 is 10.2 Å². The monoisotopic (exact) mass is 309 g/mol.